The summed E-state index contributed by atoms with van der Waals surface area (Å²) >= 11 is 0. The number of aryl methyl sites for hydroxylation is 2. The lowest BCUT2D eigenvalue weighted by Gasteiger charge is -2.14. The van der Waals surface area contributed by atoms with Gasteiger partial charge in [-0.15, -0.1) is 0 Å². The standard InChI is InChI=1S/C20H22N2O4/c1-13-9-10-17(14(2)11-13)22-18(23)12-26-20(25)15(3)21-19(24)16-7-5-4-6-8-16/h4-11,15H,12H2,1-3H3,(H,21,24)(H,22,23)/t15-/m0/s1. The largest absolute Gasteiger partial charge is 0.454 e. The van der Waals surface area contributed by atoms with Gasteiger partial charge in [-0.2, -0.15) is 0 Å². The first kappa shape index (κ1) is 19.2. The molecule has 6 nitrogen and oxygen atoms in total. The van der Waals surface area contributed by atoms with E-state index in [-0.39, 0.29) is 5.91 Å². The van der Waals surface area contributed by atoms with E-state index < -0.39 is 24.5 Å². The van der Waals surface area contributed by atoms with Crippen LogP contribution in [-0.2, 0) is 14.3 Å². The smallest absolute Gasteiger partial charge is 0.328 e. The van der Waals surface area contributed by atoms with Crippen LogP contribution in [0.5, 0.6) is 0 Å². The van der Waals surface area contributed by atoms with Gasteiger partial charge in [0, 0.05) is 11.3 Å². The molecule has 0 unspecified atom stereocenters. The summed E-state index contributed by atoms with van der Waals surface area (Å²) in [6.45, 7) is 4.93. The number of ether oxygens (including phenoxy) is 1. The van der Waals surface area contributed by atoms with Gasteiger partial charge in [-0.1, -0.05) is 35.9 Å². The van der Waals surface area contributed by atoms with E-state index in [2.05, 4.69) is 10.6 Å². The van der Waals surface area contributed by atoms with E-state index in [0.717, 1.165) is 11.1 Å². The summed E-state index contributed by atoms with van der Waals surface area (Å²) in [6.07, 6.45) is 0. The van der Waals surface area contributed by atoms with Gasteiger partial charge in [0.25, 0.3) is 11.8 Å². The molecule has 0 fully saturated rings. The van der Waals surface area contributed by atoms with Gasteiger partial charge in [-0.25, -0.2) is 4.79 Å². The number of carbonyl (C=O) groups is 3. The van der Waals surface area contributed by atoms with Crippen molar-refractivity contribution in [2.24, 2.45) is 0 Å². The second-order valence-corrected chi connectivity index (χ2v) is 6.04. The normalized spacial score (nSPS) is 11.3. The molecule has 136 valence electrons. The highest BCUT2D eigenvalue weighted by atomic mass is 16.5. The van der Waals surface area contributed by atoms with Gasteiger partial charge in [0.1, 0.15) is 6.04 Å². The first-order valence-electron chi connectivity index (χ1n) is 8.26. The quantitative estimate of drug-likeness (QED) is 0.781. The highest BCUT2D eigenvalue weighted by Crippen LogP contribution is 2.15. The third-order valence-corrected chi connectivity index (χ3v) is 3.74. The van der Waals surface area contributed by atoms with Crippen LogP contribution >= 0.6 is 0 Å². The predicted molar refractivity (Wildman–Crippen MR) is 98.9 cm³/mol. The number of rotatable bonds is 6. The SMILES string of the molecule is Cc1ccc(NC(=O)COC(=O)[C@H](C)NC(=O)c2ccccc2)c(C)c1. The highest BCUT2D eigenvalue weighted by molar-refractivity contribution is 5.97. The molecule has 0 saturated carbocycles. The minimum Gasteiger partial charge on any atom is -0.454 e. The minimum absolute atomic E-state index is 0.380. The predicted octanol–water partition coefficient (Wildman–Crippen LogP) is 2.60. The number of carbonyl (C=O) groups excluding carboxylic acids is 3. The molecule has 0 spiro atoms. The van der Waals surface area contributed by atoms with Crippen LogP contribution in [0.2, 0.25) is 0 Å². The van der Waals surface area contributed by atoms with Crippen LogP contribution < -0.4 is 10.6 Å². The summed E-state index contributed by atoms with van der Waals surface area (Å²) in [4.78, 5) is 35.9. The van der Waals surface area contributed by atoms with Crippen molar-refractivity contribution in [2.45, 2.75) is 26.8 Å². The van der Waals surface area contributed by atoms with Crippen LogP contribution in [0.15, 0.2) is 48.5 Å². The number of amides is 2. The van der Waals surface area contributed by atoms with Crippen LogP contribution in [0, 0.1) is 13.8 Å². The lowest BCUT2D eigenvalue weighted by Crippen LogP contribution is -2.40. The number of hydrogen-bond acceptors (Lipinski definition) is 4. The Morgan fingerprint density at radius 1 is 1.04 bits per heavy atom. The Labute approximate surface area is 152 Å². The molecule has 2 aromatic carbocycles. The zero-order valence-corrected chi connectivity index (χ0v) is 15.0. The Morgan fingerprint density at radius 2 is 1.73 bits per heavy atom. The topological polar surface area (TPSA) is 84.5 Å². The van der Waals surface area contributed by atoms with Gasteiger partial charge in [-0.3, -0.25) is 9.59 Å². The first-order chi connectivity index (χ1) is 12.4. The maximum absolute atomic E-state index is 12.0. The molecule has 0 aromatic heterocycles. The Bertz CT molecular complexity index is 803. The average molecular weight is 354 g/mol. The Hall–Kier alpha value is -3.15. The van der Waals surface area contributed by atoms with E-state index in [4.69, 9.17) is 4.74 Å². The van der Waals surface area contributed by atoms with Crippen molar-refractivity contribution in [3.8, 4) is 0 Å². The molecule has 6 heteroatoms. The molecule has 2 aromatic rings. The van der Waals surface area contributed by atoms with E-state index >= 15 is 0 Å². The molecule has 0 aliphatic carbocycles. The summed E-state index contributed by atoms with van der Waals surface area (Å²) in [5.74, 6) is -1.49. The summed E-state index contributed by atoms with van der Waals surface area (Å²) < 4.78 is 4.97. The van der Waals surface area contributed by atoms with Crippen LogP contribution in [0.1, 0.15) is 28.4 Å². The van der Waals surface area contributed by atoms with E-state index in [0.29, 0.717) is 11.3 Å². The van der Waals surface area contributed by atoms with Crippen molar-refractivity contribution in [3.63, 3.8) is 0 Å². The fraction of sp³-hybridized carbons (Fsp3) is 0.250. The van der Waals surface area contributed by atoms with Crippen LogP contribution in [-0.4, -0.2) is 30.4 Å². The molecule has 0 saturated heterocycles. The summed E-state index contributed by atoms with van der Waals surface area (Å²) in [5, 5.41) is 5.23. The van der Waals surface area contributed by atoms with Gasteiger partial charge in [-0.05, 0) is 44.5 Å². The minimum atomic E-state index is -0.864. The Balaban J connectivity index is 1.81. The summed E-state index contributed by atoms with van der Waals surface area (Å²) in [6, 6.07) is 13.3. The summed E-state index contributed by atoms with van der Waals surface area (Å²) in [5.41, 5.74) is 3.13. The van der Waals surface area contributed by atoms with Gasteiger partial charge in [0.15, 0.2) is 6.61 Å². The van der Waals surface area contributed by atoms with E-state index in [1.54, 1.807) is 36.4 Å². The third kappa shape index (κ3) is 5.44. The maximum atomic E-state index is 12.0. The second kappa shape index (κ2) is 8.80. The Kier molecular flexibility index (Phi) is 6.49. The van der Waals surface area contributed by atoms with E-state index in [9.17, 15) is 14.4 Å². The van der Waals surface area contributed by atoms with Crippen LogP contribution in [0.4, 0.5) is 5.69 Å². The fourth-order valence-corrected chi connectivity index (χ4v) is 2.33. The molecular weight excluding hydrogens is 332 g/mol. The van der Waals surface area contributed by atoms with Crippen molar-refractivity contribution in [3.05, 3.63) is 65.2 Å². The van der Waals surface area contributed by atoms with Gasteiger partial charge in [0.05, 0.1) is 0 Å². The van der Waals surface area contributed by atoms with E-state index in [1.165, 1.54) is 6.92 Å². The third-order valence-electron chi connectivity index (χ3n) is 3.74. The molecule has 1 atom stereocenters. The highest BCUT2D eigenvalue weighted by Gasteiger charge is 2.19. The molecule has 0 aliphatic heterocycles. The van der Waals surface area contributed by atoms with Crippen molar-refractivity contribution in [1.29, 1.82) is 0 Å². The molecule has 2 amide bonds. The van der Waals surface area contributed by atoms with Crippen molar-refractivity contribution in [1.82, 2.24) is 5.32 Å². The lowest BCUT2D eigenvalue weighted by atomic mass is 10.1. The van der Waals surface area contributed by atoms with Gasteiger partial charge in [0.2, 0.25) is 0 Å². The zero-order valence-electron chi connectivity index (χ0n) is 15.0. The van der Waals surface area contributed by atoms with Crippen LogP contribution in [0.3, 0.4) is 0 Å². The zero-order chi connectivity index (χ0) is 19.1. The summed E-state index contributed by atoms with van der Waals surface area (Å²) in [7, 11) is 0. The van der Waals surface area contributed by atoms with E-state index in [1.807, 2.05) is 26.0 Å². The Morgan fingerprint density at radius 3 is 2.38 bits per heavy atom. The molecule has 0 aliphatic rings. The fourth-order valence-electron chi connectivity index (χ4n) is 2.33. The molecule has 26 heavy (non-hydrogen) atoms. The van der Waals surface area contributed by atoms with Gasteiger partial charge < -0.3 is 15.4 Å². The van der Waals surface area contributed by atoms with Crippen molar-refractivity contribution >= 4 is 23.5 Å². The molecule has 2 rings (SSSR count). The molecular formula is C20H22N2O4. The molecule has 0 radical (unpaired) electrons. The second-order valence-electron chi connectivity index (χ2n) is 6.04. The molecule has 0 bridgehead atoms. The maximum Gasteiger partial charge on any atom is 0.328 e. The lowest BCUT2D eigenvalue weighted by molar-refractivity contribution is -0.148. The van der Waals surface area contributed by atoms with Gasteiger partial charge >= 0.3 is 5.97 Å². The number of anilines is 1. The number of hydrogen-bond donors (Lipinski definition) is 2. The average Bonchev–Trinajstić information content (AvgIpc) is 2.62. The molecule has 2 N–H and O–H groups in total. The number of esters is 1. The molecule has 0 heterocycles. The van der Waals surface area contributed by atoms with Crippen molar-refractivity contribution < 1.29 is 19.1 Å². The number of nitrogens with one attached hydrogen (secondary N) is 2. The number of benzene rings is 2. The van der Waals surface area contributed by atoms with Crippen molar-refractivity contribution in [2.75, 3.05) is 11.9 Å². The first-order valence-corrected chi connectivity index (χ1v) is 8.26. The van der Waals surface area contributed by atoms with Crippen LogP contribution in [0.25, 0.3) is 0 Å². The monoisotopic (exact) mass is 354 g/mol.